The number of aromatic nitrogens is 2. The number of hydrogen-bond donors (Lipinski definition) is 2. The molecule has 0 aliphatic carbocycles. The van der Waals surface area contributed by atoms with Crippen molar-refractivity contribution < 1.29 is 9.50 Å². The molecule has 19 heavy (non-hydrogen) atoms. The van der Waals surface area contributed by atoms with Crippen LogP contribution in [0, 0.1) is 5.82 Å². The van der Waals surface area contributed by atoms with Crippen LogP contribution in [0.15, 0.2) is 48.8 Å². The van der Waals surface area contributed by atoms with Crippen molar-refractivity contribution in [3.05, 3.63) is 65.9 Å². The number of benzene rings is 1. The lowest BCUT2D eigenvalue weighted by atomic mass is 9.91. The second-order valence-corrected chi connectivity index (χ2v) is 4.71. The van der Waals surface area contributed by atoms with E-state index in [0.717, 1.165) is 22.7 Å². The molecule has 0 saturated heterocycles. The van der Waals surface area contributed by atoms with Crippen molar-refractivity contribution in [2.75, 3.05) is 0 Å². The molecule has 0 fully saturated rings. The molecule has 0 bridgehead atoms. The Hall–Kier alpha value is -2.20. The summed E-state index contributed by atoms with van der Waals surface area (Å²) in [5.41, 5.74) is 0.896. The average molecular weight is 256 g/mol. The highest BCUT2D eigenvalue weighted by molar-refractivity contribution is 5.80. The normalized spacial score (nSPS) is 14.5. The van der Waals surface area contributed by atoms with Gasteiger partial charge in [0.25, 0.3) is 0 Å². The van der Waals surface area contributed by atoms with E-state index >= 15 is 0 Å². The molecule has 0 aliphatic heterocycles. The van der Waals surface area contributed by atoms with Crippen molar-refractivity contribution in [3.63, 3.8) is 0 Å². The maximum absolute atomic E-state index is 12.9. The third-order valence-electron chi connectivity index (χ3n) is 3.34. The minimum absolute atomic E-state index is 0.416. The quantitative estimate of drug-likeness (QED) is 0.740. The van der Waals surface area contributed by atoms with Gasteiger partial charge in [-0.05, 0) is 48.2 Å². The van der Waals surface area contributed by atoms with E-state index in [2.05, 4.69) is 9.97 Å². The highest BCUT2D eigenvalue weighted by Crippen LogP contribution is 2.29. The van der Waals surface area contributed by atoms with Crippen molar-refractivity contribution in [1.82, 2.24) is 9.97 Å². The molecule has 3 aromatic rings. The van der Waals surface area contributed by atoms with Gasteiger partial charge in [-0.15, -0.1) is 0 Å². The van der Waals surface area contributed by atoms with Crippen LogP contribution in [0.5, 0.6) is 0 Å². The topological polar surface area (TPSA) is 48.9 Å². The lowest BCUT2D eigenvalue weighted by Crippen LogP contribution is -2.24. The Morgan fingerprint density at radius 2 is 2.05 bits per heavy atom. The second-order valence-electron chi connectivity index (χ2n) is 4.71. The Labute approximate surface area is 109 Å². The zero-order chi connectivity index (χ0) is 13.5. The fraction of sp³-hybridized carbons (Fsp3) is 0.133. The molecule has 1 atom stereocenters. The molecule has 96 valence electrons. The summed E-state index contributed by atoms with van der Waals surface area (Å²) in [6.45, 7) is 1.65. The summed E-state index contributed by atoms with van der Waals surface area (Å²) >= 11 is 0. The molecule has 1 aromatic carbocycles. The average Bonchev–Trinajstić information content (AvgIpc) is 2.86. The Balaban J connectivity index is 2.09. The Morgan fingerprint density at radius 1 is 1.21 bits per heavy atom. The van der Waals surface area contributed by atoms with Gasteiger partial charge in [-0.3, -0.25) is 4.98 Å². The number of halogens is 1. The molecule has 0 radical (unpaired) electrons. The van der Waals surface area contributed by atoms with Crippen LogP contribution in [0.4, 0.5) is 4.39 Å². The van der Waals surface area contributed by atoms with Crippen molar-refractivity contribution in [1.29, 1.82) is 0 Å². The van der Waals surface area contributed by atoms with Gasteiger partial charge in [0.1, 0.15) is 11.4 Å². The molecule has 0 aliphatic rings. The maximum Gasteiger partial charge on any atom is 0.141 e. The Bertz CT molecular complexity index is 716. The van der Waals surface area contributed by atoms with E-state index in [0.29, 0.717) is 5.69 Å². The molecule has 1 unspecified atom stereocenters. The summed E-state index contributed by atoms with van der Waals surface area (Å²) < 4.78 is 12.9. The van der Waals surface area contributed by atoms with E-state index in [9.17, 15) is 9.50 Å². The zero-order valence-electron chi connectivity index (χ0n) is 10.4. The SMILES string of the molecule is CC(O)(c1ccc2[nH]ccc2c1)c1ccc(F)cn1. The van der Waals surface area contributed by atoms with Gasteiger partial charge in [0.15, 0.2) is 0 Å². The van der Waals surface area contributed by atoms with Crippen LogP contribution in [0.2, 0.25) is 0 Å². The number of fused-ring (bicyclic) bond motifs is 1. The van der Waals surface area contributed by atoms with Crippen molar-refractivity contribution in [3.8, 4) is 0 Å². The van der Waals surface area contributed by atoms with E-state index in [1.807, 2.05) is 30.5 Å². The molecule has 0 amide bonds. The van der Waals surface area contributed by atoms with Crippen LogP contribution in [0.1, 0.15) is 18.2 Å². The molecule has 0 spiro atoms. The zero-order valence-corrected chi connectivity index (χ0v) is 10.4. The van der Waals surface area contributed by atoms with Gasteiger partial charge in [-0.25, -0.2) is 4.39 Å². The van der Waals surface area contributed by atoms with Crippen molar-refractivity contribution in [2.24, 2.45) is 0 Å². The number of aliphatic hydroxyl groups is 1. The summed E-state index contributed by atoms with van der Waals surface area (Å²) in [5.74, 6) is -0.416. The van der Waals surface area contributed by atoms with Crippen LogP contribution < -0.4 is 0 Å². The van der Waals surface area contributed by atoms with Gasteiger partial charge in [0, 0.05) is 11.7 Å². The van der Waals surface area contributed by atoms with E-state index in [1.54, 1.807) is 6.92 Å². The molecule has 2 heterocycles. The van der Waals surface area contributed by atoms with Gasteiger partial charge in [0.2, 0.25) is 0 Å². The smallest absolute Gasteiger partial charge is 0.141 e. The van der Waals surface area contributed by atoms with E-state index < -0.39 is 11.4 Å². The summed E-state index contributed by atoms with van der Waals surface area (Å²) in [7, 11) is 0. The van der Waals surface area contributed by atoms with E-state index in [-0.39, 0.29) is 0 Å². The third kappa shape index (κ3) is 2.00. The molecule has 3 rings (SSSR count). The first-order valence-corrected chi connectivity index (χ1v) is 5.99. The number of aromatic amines is 1. The summed E-state index contributed by atoms with van der Waals surface area (Å²) in [6.07, 6.45) is 2.96. The maximum atomic E-state index is 12.9. The number of rotatable bonds is 2. The number of pyridine rings is 1. The molecule has 3 nitrogen and oxygen atoms in total. The third-order valence-corrected chi connectivity index (χ3v) is 3.34. The van der Waals surface area contributed by atoms with Crippen molar-refractivity contribution in [2.45, 2.75) is 12.5 Å². The molecule has 0 saturated carbocycles. The first-order valence-electron chi connectivity index (χ1n) is 5.99. The van der Waals surface area contributed by atoms with E-state index in [1.165, 1.54) is 12.1 Å². The fourth-order valence-electron chi connectivity index (χ4n) is 2.17. The van der Waals surface area contributed by atoms with Gasteiger partial charge in [0.05, 0.1) is 11.9 Å². The lowest BCUT2D eigenvalue weighted by Gasteiger charge is -2.23. The van der Waals surface area contributed by atoms with Crippen LogP contribution >= 0.6 is 0 Å². The van der Waals surface area contributed by atoms with Crippen LogP contribution in [-0.4, -0.2) is 15.1 Å². The largest absolute Gasteiger partial charge is 0.379 e. The second kappa shape index (κ2) is 4.17. The lowest BCUT2D eigenvalue weighted by molar-refractivity contribution is 0.0974. The molecule has 2 N–H and O–H groups in total. The van der Waals surface area contributed by atoms with Gasteiger partial charge in [-0.1, -0.05) is 6.07 Å². The highest BCUT2D eigenvalue weighted by atomic mass is 19.1. The number of hydrogen-bond acceptors (Lipinski definition) is 2. The fourth-order valence-corrected chi connectivity index (χ4v) is 2.17. The van der Waals surface area contributed by atoms with Crippen LogP contribution in [0.3, 0.4) is 0 Å². The monoisotopic (exact) mass is 256 g/mol. The number of nitrogens with zero attached hydrogens (tertiary/aromatic N) is 1. The van der Waals surface area contributed by atoms with Gasteiger partial charge >= 0.3 is 0 Å². The molecular formula is C15H13FN2O. The van der Waals surface area contributed by atoms with Crippen LogP contribution in [-0.2, 0) is 5.60 Å². The predicted molar refractivity (Wildman–Crippen MR) is 71.2 cm³/mol. The van der Waals surface area contributed by atoms with E-state index in [4.69, 9.17) is 0 Å². The summed E-state index contributed by atoms with van der Waals surface area (Å²) in [6, 6.07) is 10.4. The summed E-state index contributed by atoms with van der Waals surface area (Å²) in [4.78, 5) is 7.06. The Morgan fingerprint density at radius 3 is 2.79 bits per heavy atom. The van der Waals surface area contributed by atoms with Gasteiger partial charge < -0.3 is 10.1 Å². The highest BCUT2D eigenvalue weighted by Gasteiger charge is 2.27. The predicted octanol–water partition coefficient (Wildman–Crippen LogP) is 2.96. The molecular weight excluding hydrogens is 243 g/mol. The first-order chi connectivity index (χ1) is 9.07. The Kier molecular flexibility index (Phi) is 2.61. The minimum Gasteiger partial charge on any atom is -0.379 e. The minimum atomic E-state index is -1.25. The number of nitrogens with one attached hydrogen (secondary N) is 1. The number of H-pyrrole nitrogens is 1. The molecule has 4 heteroatoms. The van der Waals surface area contributed by atoms with Gasteiger partial charge in [-0.2, -0.15) is 0 Å². The summed E-state index contributed by atoms with van der Waals surface area (Å²) in [5, 5.41) is 11.7. The molecule has 2 aromatic heterocycles. The first kappa shape index (κ1) is 11.9. The van der Waals surface area contributed by atoms with Crippen molar-refractivity contribution >= 4 is 10.9 Å². The standard InChI is InChI=1S/C15H13FN2O/c1-15(19,14-5-3-12(16)9-18-14)11-2-4-13-10(8-11)6-7-17-13/h2-9,17,19H,1H3. The van der Waals surface area contributed by atoms with Crippen LogP contribution in [0.25, 0.3) is 10.9 Å².